The molecule has 1 aromatic rings. The largest absolute Gasteiger partial charge is 0.381 e. The van der Waals surface area contributed by atoms with Gasteiger partial charge in [-0.1, -0.05) is 18.2 Å². The Hall–Kier alpha value is -0.930. The molecular formula is C14H20FNO. The first-order chi connectivity index (χ1) is 8.36. The van der Waals surface area contributed by atoms with Crippen molar-refractivity contribution in [2.75, 3.05) is 26.3 Å². The lowest BCUT2D eigenvalue weighted by Gasteiger charge is -2.22. The van der Waals surface area contributed by atoms with E-state index in [1.165, 1.54) is 18.9 Å². The van der Waals surface area contributed by atoms with Gasteiger partial charge in [0, 0.05) is 13.2 Å². The SMILES string of the molecule is Fc1ccccc1CCNCC1CCCOC1. The molecule has 1 aliphatic rings. The van der Waals surface area contributed by atoms with E-state index in [1.54, 1.807) is 6.07 Å². The quantitative estimate of drug-likeness (QED) is 0.794. The summed E-state index contributed by atoms with van der Waals surface area (Å²) in [4.78, 5) is 0. The van der Waals surface area contributed by atoms with E-state index < -0.39 is 0 Å². The third-order valence-electron chi connectivity index (χ3n) is 3.22. The topological polar surface area (TPSA) is 21.3 Å². The molecule has 3 heteroatoms. The number of hydrogen-bond acceptors (Lipinski definition) is 2. The summed E-state index contributed by atoms with van der Waals surface area (Å²) in [6, 6.07) is 6.98. The van der Waals surface area contributed by atoms with Crippen molar-refractivity contribution < 1.29 is 9.13 Å². The number of ether oxygens (including phenoxy) is 1. The predicted molar refractivity (Wildman–Crippen MR) is 66.5 cm³/mol. The highest BCUT2D eigenvalue weighted by Gasteiger charge is 2.12. The first kappa shape index (κ1) is 12.5. The van der Waals surface area contributed by atoms with Crippen LogP contribution in [0.15, 0.2) is 24.3 Å². The zero-order valence-electron chi connectivity index (χ0n) is 10.1. The molecule has 1 aromatic carbocycles. The summed E-state index contributed by atoms with van der Waals surface area (Å²) in [5, 5.41) is 3.38. The summed E-state index contributed by atoms with van der Waals surface area (Å²) in [5.74, 6) is 0.527. The Morgan fingerprint density at radius 3 is 3.00 bits per heavy atom. The van der Waals surface area contributed by atoms with Gasteiger partial charge < -0.3 is 10.1 Å². The van der Waals surface area contributed by atoms with Crippen molar-refractivity contribution in [3.05, 3.63) is 35.6 Å². The minimum Gasteiger partial charge on any atom is -0.381 e. The zero-order valence-corrected chi connectivity index (χ0v) is 10.1. The van der Waals surface area contributed by atoms with Gasteiger partial charge in [0.15, 0.2) is 0 Å². The first-order valence-corrected chi connectivity index (χ1v) is 6.38. The molecule has 1 unspecified atom stereocenters. The molecule has 1 heterocycles. The van der Waals surface area contributed by atoms with Gasteiger partial charge in [0.1, 0.15) is 5.82 Å². The van der Waals surface area contributed by atoms with E-state index in [2.05, 4.69) is 5.32 Å². The van der Waals surface area contributed by atoms with E-state index in [1.807, 2.05) is 12.1 Å². The van der Waals surface area contributed by atoms with Crippen molar-refractivity contribution >= 4 is 0 Å². The molecule has 0 aromatic heterocycles. The van der Waals surface area contributed by atoms with Crippen LogP contribution in [-0.4, -0.2) is 26.3 Å². The number of benzene rings is 1. The monoisotopic (exact) mass is 237 g/mol. The molecule has 2 nitrogen and oxygen atoms in total. The van der Waals surface area contributed by atoms with Gasteiger partial charge in [-0.3, -0.25) is 0 Å². The average Bonchev–Trinajstić information content (AvgIpc) is 2.38. The van der Waals surface area contributed by atoms with Gasteiger partial charge in [0.25, 0.3) is 0 Å². The molecule has 0 spiro atoms. The van der Waals surface area contributed by atoms with Crippen LogP contribution in [0.25, 0.3) is 0 Å². The fourth-order valence-corrected chi connectivity index (χ4v) is 2.20. The highest BCUT2D eigenvalue weighted by Crippen LogP contribution is 2.12. The molecule has 94 valence electrons. The number of hydrogen-bond donors (Lipinski definition) is 1. The molecule has 1 atom stereocenters. The summed E-state index contributed by atoms with van der Waals surface area (Å²) >= 11 is 0. The van der Waals surface area contributed by atoms with Gasteiger partial charge in [-0.05, 0) is 43.4 Å². The second-order valence-electron chi connectivity index (χ2n) is 4.63. The third kappa shape index (κ3) is 4.10. The standard InChI is InChI=1S/C14H20FNO/c15-14-6-2-1-5-13(14)7-8-16-10-12-4-3-9-17-11-12/h1-2,5-6,12,16H,3-4,7-11H2. The van der Waals surface area contributed by atoms with Gasteiger partial charge in [-0.25, -0.2) is 4.39 Å². The summed E-state index contributed by atoms with van der Waals surface area (Å²) in [6.45, 7) is 3.59. The summed E-state index contributed by atoms with van der Waals surface area (Å²) in [6.07, 6.45) is 3.16. The Labute approximate surface area is 102 Å². The van der Waals surface area contributed by atoms with Crippen molar-refractivity contribution in [1.29, 1.82) is 0 Å². The highest BCUT2D eigenvalue weighted by atomic mass is 19.1. The van der Waals surface area contributed by atoms with Crippen LogP contribution in [0.4, 0.5) is 4.39 Å². The lowest BCUT2D eigenvalue weighted by molar-refractivity contribution is 0.0549. The van der Waals surface area contributed by atoms with Crippen molar-refractivity contribution in [3.63, 3.8) is 0 Å². The molecule has 2 rings (SSSR count). The normalized spacial score (nSPS) is 20.4. The Bertz CT molecular complexity index is 337. The Balaban J connectivity index is 1.64. The second kappa shape index (κ2) is 6.72. The lowest BCUT2D eigenvalue weighted by atomic mass is 10.0. The van der Waals surface area contributed by atoms with Crippen molar-refractivity contribution in [3.8, 4) is 0 Å². The maximum absolute atomic E-state index is 13.3. The molecule has 0 bridgehead atoms. The summed E-state index contributed by atoms with van der Waals surface area (Å²) < 4.78 is 18.7. The van der Waals surface area contributed by atoms with E-state index in [0.29, 0.717) is 5.92 Å². The minimum atomic E-state index is -0.102. The van der Waals surface area contributed by atoms with Crippen LogP contribution in [0.2, 0.25) is 0 Å². The molecule has 1 aliphatic heterocycles. The molecular weight excluding hydrogens is 217 g/mol. The maximum atomic E-state index is 13.3. The maximum Gasteiger partial charge on any atom is 0.126 e. The molecule has 0 aliphatic carbocycles. The average molecular weight is 237 g/mol. The lowest BCUT2D eigenvalue weighted by Crippen LogP contribution is -2.30. The van der Waals surface area contributed by atoms with Crippen LogP contribution in [-0.2, 0) is 11.2 Å². The van der Waals surface area contributed by atoms with Crippen LogP contribution in [0.3, 0.4) is 0 Å². The van der Waals surface area contributed by atoms with Gasteiger partial charge in [-0.2, -0.15) is 0 Å². The van der Waals surface area contributed by atoms with E-state index >= 15 is 0 Å². The van der Waals surface area contributed by atoms with Crippen LogP contribution in [0, 0.1) is 11.7 Å². The van der Waals surface area contributed by atoms with Gasteiger partial charge >= 0.3 is 0 Å². The van der Waals surface area contributed by atoms with Crippen LogP contribution in [0.5, 0.6) is 0 Å². The van der Waals surface area contributed by atoms with Gasteiger partial charge in [0.2, 0.25) is 0 Å². The predicted octanol–water partition coefficient (Wildman–Crippen LogP) is 2.38. The Morgan fingerprint density at radius 2 is 2.24 bits per heavy atom. The first-order valence-electron chi connectivity index (χ1n) is 6.38. The highest BCUT2D eigenvalue weighted by molar-refractivity contribution is 5.17. The molecule has 0 radical (unpaired) electrons. The Morgan fingerprint density at radius 1 is 1.35 bits per heavy atom. The molecule has 0 amide bonds. The van der Waals surface area contributed by atoms with Gasteiger partial charge in [0.05, 0.1) is 6.61 Å². The minimum absolute atomic E-state index is 0.102. The van der Waals surface area contributed by atoms with Crippen LogP contribution in [0.1, 0.15) is 18.4 Å². The van der Waals surface area contributed by atoms with Crippen molar-refractivity contribution in [1.82, 2.24) is 5.32 Å². The van der Waals surface area contributed by atoms with Crippen molar-refractivity contribution in [2.24, 2.45) is 5.92 Å². The third-order valence-corrected chi connectivity index (χ3v) is 3.22. The smallest absolute Gasteiger partial charge is 0.126 e. The van der Waals surface area contributed by atoms with E-state index in [4.69, 9.17) is 4.74 Å². The van der Waals surface area contributed by atoms with Crippen LogP contribution < -0.4 is 5.32 Å². The summed E-state index contributed by atoms with van der Waals surface area (Å²) in [7, 11) is 0. The molecule has 0 saturated carbocycles. The van der Waals surface area contributed by atoms with E-state index in [0.717, 1.165) is 38.3 Å². The van der Waals surface area contributed by atoms with E-state index in [-0.39, 0.29) is 5.82 Å². The molecule has 1 saturated heterocycles. The second-order valence-corrected chi connectivity index (χ2v) is 4.63. The molecule has 1 N–H and O–H groups in total. The number of nitrogens with one attached hydrogen (secondary N) is 1. The number of rotatable bonds is 5. The fraction of sp³-hybridized carbons (Fsp3) is 0.571. The van der Waals surface area contributed by atoms with Gasteiger partial charge in [-0.15, -0.1) is 0 Å². The molecule has 1 fully saturated rings. The Kier molecular flexibility index (Phi) is 4.95. The van der Waals surface area contributed by atoms with Crippen molar-refractivity contribution in [2.45, 2.75) is 19.3 Å². The zero-order chi connectivity index (χ0) is 11.9. The van der Waals surface area contributed by atoms with Crippen LogP contribution >= 0.6 is 0 Å². The summed E-state index contributed by atoms with van der Waals surface area (Å²) in [5.41, 5.74) is 0.792. The van der Waals surface area contributed by atoms with E-state index in [9.17, 15) is 4.39 Å². The fourth-order valence-electron chi connectivity index (χ4n) is 2.20. The number of halogens is 1. The molecule has 17 heavy (non-hydrogen) atoms.